The van der Waals surface area contributed by atoms with Gasteiger partial charge in [-0.2, -0.15) is 0 Å². The number of aromatic nitrogens is 2. The van der Waals surface area contributed by atoms with Crippen LogP contribution in [0.5, 0.6) is 5.75 Å². The number of nitrogens with one attached hydrogen (secondary N) is 1. The maximum atomic E-state index is 14.2. The quantitative estimate of drug-likeness (QED) is 0.202. The Morgan fingerprint density at radius 3 is 2.63 bits per heavy atom. The highest BCUT2D eigenvalue weighted by Crippen LogP contribution is 2.49. The topological polar surface area (TPSA) is 103 Å². The summed E-state index contributed by atoms with van der Waals surface area (Å²) in [5.74, 6) is 1.77. The third-order valence-electron chi connectivity index (χ3n) is 7.91. The molecule has 2 aliphatic heterocycles. The number of alkyl carbamates (subject to hydrolysis) is 1. The zero-order valence-electron chi connectivity index (χ0n) is 26.0. The number of anilines is 1. The molecule has 1 unspecified atom stereocenters. The smallest absolute Gasteiger partial charge is 0.408 e. The van der Waals surface area contributed by atoms with Crippen LogP contribution in [0.4, 0.5) is 15.0 Å². The number of benzene rings is 1. The van der Waals surface area contributed by atoms with E-state index in [1.54, 1.807) is 39.2 Å². The summed E-state index contributed by atoms with van der Waals surface area (Å²) in [7, 11) is 0. The van der Waals surface area contributed by atoms with E-state index in [0.717, 1.165) is 36.5 Å². The van der Waals surface area contributed by atoms with Gasteiger partial charge in [-0.25, -0.2) is 19.2 Å². The molecular formula is C32H45FN4O5S. The summed E-state index contributed by atoms with van der Waals surface area (Å²) in [5.41, 5.74) is -0.774. The Labute approximate surface area is 258 Å². The van der Waals surface area contributed by atoms with Crippen LogP contribution in [0.3, 0.4) is 0 Å². The van der Waals surface area contributed by atoms with Gasteiger partial charge in [0, 0.05) is 37.2 Å². The Morgan fingerprint density at radius 2 is 1.98 bits per heavy atom. The first-order valence-corrected chi connectivity index (χ1v) is 16.3. The number of rotatable bonds is 12. The monoisotopic (exact) mass is 616 g/mol. The zero-order valence-corrected chi connectivity index (χ0v) is 26.8. The lowest BCUT2D eigenvalue weighted by Crippen LogP contribution is -2.54. The summed E-state index contributed by atoms with van der Waals surface area (Å²) in [4.78, 5) is 36.2. The summed E-state index contributed by atoms with van der Waals surface area (Å²) >= 11 is 1.48. The molecule has 1 fully saturated rings. The van der Waals surface area contributed by atoms with E-state index in [-0.39, 0.29) is 11.8 Å². The second-order valence-corrected chi connectivity index (χ2v) is 13.4. The second kappa shape index (κ2) is 14.6. The van der Waals surface area contributed by atoms with E-state index in [9.17, 15) is 14.0 Å². The van der Waals surface area contributed by atoms with Crippen LogP contribution in [0.25, 0.3) is 0 Å². The molecule has 1 spiro atoms. The van der Waals surface area contributed by atoms with Crippen molar-refractivity contribution in [3.8, 4) is 5.75 Å². The van der Waals surface area contributed by atoms with Gasteiger partial charge in [0.05, 0.1) is 25.4 Å². The molecule has 1 amide bonds. The molecule has 0 bridgehead atoms. The Bertz CT molecular complexity index is 1230. The fourth-order valence-electron chi connectivity index (χ4n) is 5.51. The molecule has 0 radical (unpaired) electrons. The number of esters is 1. The third kappa shape index (κ3) is 8.97. The minimum Gasteiger partial charge on any atom is -0.484 e. The van der Waals surface area contributed by atoms with Gasteiger partial charge >= 0.3 is 12.1 Å². The van der Waals surface area contributed by atoms with Gasteiger partial charge in [0.15, 0.2) is 0 Å². The van der Waals surface area contributed by atoms with Crippen LogP contribution in [0.2, 0.25) is 0 Å². The highest BCUT2D eigenvalue weighted by Gasteiger charge is 2.51. The van der Waals surface area contributed by atoms with E-state index >= 15 is 0 Å². The van der Waals surface area contributed by atoms with Crippen LogP contribution in [0.15, 0.2) is 35.6 Å². The van der Waals surface area contributed by atoms with Gasteiger partial charge in [-0.3, -0.25) is 4.79 Å². The van der Waals surface area contributed by atoms with Crippen LogP contribution in [0.1, 0.15) is 91.2 Å². The number of halogens is 1. The molecular weight excluding hydrogens is 571 g/mol. The van der Waals surface area contributed by atoms with E-state index in [1.807, 2.05) is 0 Å². The average molecular weight is 617 g/mol. The maximum Gasteiger partial charge on any atom is 0.408 e. The molecule has 1 saturated heterocycles. The van der Waals surface area contributed by atoms with Gasteiger partial charge in [0.25, 0.3) is 0 Å². The highest BCUT2D eigenvalue weighted by molar-refractivity contribution is 7.99. The minimum absolute atomic E-state index is 0.173. The molecule has 2 aromatic rings. The first-order chi connectivity index (χ1) is 20.5. The van der Waals surface area contributed by atoms with E-state index in [0.29, 0.717) is 61.9 Å². The zero-order chi connectivity index (χ0) is 31.0. The number of ether oxygens (including phenoxy) is 3. The van der Waals surface area contributed by atoms with Crippen LogP contribution in [0, 0.1) is 11.7 Å². The number of amides is 1. The Morgan fingerprint density at radius 1 is 1.21 bits per heavy atom. The lowest BCUT2D eigenvalue weighted by Gasteiger charge is -2.42. The number of nitrogens with zero attached hydrogens (tertiary/aromatic N) is 3. The van der Waals surface area contributed by atoms with Gasteiger partial charge in [0.2, 0.25) is 0 Å². The van der Waals surface area contributed by atoms with Crippen LogP contribution in [-0.4, -0.2) is 58.7 Å². The molecule has 1 aromatic carbocycles. The Kier molecular flexibility index (Phi) is 11.1. The summed E-state index contributed by atoms with van der Waals surface area (Å²) in [6, 6.07) is 3.87. The molecule has 3 heterocycles. The lowest BCUT2D eigenvalue weighted by atomic mass is 9.82. The fraction of sp³-hybridized carbons (Fsp3) is 0.625. The summed E-state index contributed by atoms with van der Waals surface area (Å²) in [5, 5.41) is 3.71. The molecule has 9 nitrogen and oxygen atoms in total. The van der Waals surface area contributed by atoms with Crippen LogP contribution < -0.4 is 15.0 Å². The number of hydrogen-bond acceptors (Lipinski definition) is 9. The first kappa shape index (κ1) is 32.8. The SMILES string of the molecule is CCCCC(CC)COC(=O)CCSc1cnc(N2CCC3(CC2)Oc2ccc(F)cc2[C@H]3NC(=O)OC(C)(C)C)cn1. The van der Waals surface area contributed by atoms with Crippen molar-refractivity contribution >= 4 is 29.6 Å². The van der Waals surface area contributed by atoms with Crippen molar-refractivity contribution in [2.45, 2.75) is 102 Å². The number of thioether (sulfide) groups is 1. The van der Waals surface area contributed by atoms with E-state index in [2.05, 4.69) is 34.0 Å². The van der Waals surface area contributed by atoms with Crippen molar-refractivity contribution in [3.63, 3.8) is 0 Å². The molecule has 43 heavy (non-hydrogen) atoms. The molecule has 2 atom stereocenters. The molecule has 1 N–H and O–H groups in total. The molecule has 1 aromatic heterocycles. The van der Waals surface area contributed by atoms with Crippen molar-refractivity contribution in [1.82, 2.24) is 15.3 Å². The molecule has 11 heteroatoms. The van der Waals surface area contributed by atoms with Crippen LogP contribution in [-0.2, 0) is 14.3 Å². The highest BCUT2D eigenvalue weighted by atomic mass is 32.2. The summed E-state index contributed by atoms with van der Waals surface area (Å²) in [6.07, 6.45) is 8.83. The third-order valence-corrected chi connectivity index (χ3v) is 8.83. The van der Waals surface area contributed by atoms with E-state index in [4.69, 9.17) is 14.2 Å². The Hall–Kier alpha value is -3.08. The molecule has 4 rings (SSSR count). The van der Waals surface area contributed by atoms with E-state index < -0.39 is 23.3 Å². The number of hydrogen-bond donors (Lipinski definition) is 1. The number of carbonyl (C=O) groups is 2. The summed E-state index contributed by atoms with van der Waals surface area (Å²) < 4.78 is 31.6. The summed E-state index contributed by atoms with van der Waals surface area (Å²) in [6.45, 7) is 11.4. The molecule has 0 saturated carbocycles. The largest absolute Gasteiger partial charge is 0.484 e. The van der Waals surface area contributed by atoms with Crippen molar-refractivity contribution < 1.29 is 28.2 Å². The van der Waals surface area contributed by atoms with Crippen molar-refractivity contribution in [2.24, 2.45) is 5.92 Å². The molecule has 236 valence electrons. The standard InChI is InChI=1S/C32H45FN4O5S/c1-6-8-9-22(7-2)21-40-28(38)12-17-43-27-20-34-26(19-35-27)37-15-13-32(14-16-37)29(36-30(39)42-31(3,4)5)24-18-23(33)10-11-25(24)41-32/h10-11,18-20,22,29H,6-9,12-17,21H2,1-5H3,(H,36,39)/t22?,29-/m1/s1. The molecule has 2 aliphatic rings. The first-order valence-electron chi connectivity index (χ1n) is 15.4. The predicted octanol–water partition coefficient (Wildman–Crippen LogP) is 6.85. The van der Waals surface area contributed by atoms with Gasteiger partial charge in [-0.1, -0.05) is 33.1 Å². The van der Waals surface area contributed by atoms with Crippen LogP contribution >= 0.6 is 11.8 Å². The van der Waals surface area contributed by atoms with Crippen molar-refractivity contribution in [1.29, 1.82) is 0 Å². The number of unbranched alkanes of at least 4 members (excludes halogenated alkanes) is 1. The van der Waals surface area contributed by atoms with Gasteiger partial charge in [0.1, 0.15) is 39.7 Å². The number of carbonyl (C=O) groups excluding carboxylic acids is 2. The lowest BCUT2D eigenvalue weighted by molar-refractivity contribution is -0.144. The maximum absolute atomic E-state index is 14.2. The van der Waals surface area contributed by atoms with Gasteiger partial charge in [-0.05, 0) is 51.3 Å². The molecule has 0 aliphatic carbocycles. The number of piperidine rings is 1. The minimum atomic E-state index is -0.728. The second-order valence-electron chi connectivity index (χ2n) is 12.3. The van der Waals surface area contributed by atoms with Gasteiger partial charge < -0.3 is 24.4 Å². The predicted molar refractivity (Wildman–Crippen MR) is 165 cm³/mol. The number of fused-ring (bicyclic) bond motifs is 1. The fourth-order valence-corrected chi connectivity index (χ4v) is 6.24. The van der Waals surface area contributed by atoms with Crippen molar-refractivity contribution in [3.05, 3.63) is 42.0 Å². The van der Waals surface area contributed by atoms with Gasteiger partial charge in [-0.15, -0.1) is 11.8 Å². The normalized spacial score (nSPS) is 18.1. The van der Waals surface area contributed by atoms with Crippen molar-refractivity contribution in [2.75, 3.05) is 30.3 Å². The average Bonchev–Trinajstić information content (AvgIpc) is 3.24. The van der Waals surface area contributed by atoms with E-state index in [1.165, 1.54) is 23.9 Å². The Balaban J connectivity index is 1.29.